The SMILES string of the molecule is O=c1c2ccccc2c(-c2nnc(SCCCCCO)o2)nn1Cc1ccccc1. The van der Waals surface area contributed by atoms with E-state index in [2.05, 4.69) is 15.3 Å². The van der Waals surface area contributed by atoms with Gasteiger partial charge in [-0.15, -0.1) is 10.2 Å². The Bertz CT molecular complexity index is 1170. The summed E-state index contributed by atoms with van der Waals surface area (Å²) >= 11 is 1.48. The lowest BCUT2D eigenvalue weighted by Crippen LogP contribution is -2.24. The highest BCUT2D eigenvalue weighted by molar-refractivity contribution is 7.99. The second-order valence-corrected chi connectivity index (χ2v) is 7.89. The minimum atomic E-state index is -0.156. The maximum Gasteiger partial charge on any atom is 0.276 e. The lowest BCUT2D eigenvalue weighted by atomic mass is 10.1. The Kier molecular flexibility index (Phi) is 6.56. The number of benzene rings is 2. The first-order chi connectivity index (χ1) is 14.8. The van der Waals surface area contributed by atoms with Crippen molar-refractivity contribution in [3.05, 3.63) is 70.5 Å². The van der Waals surface area contributed by atoms with Crippen LogP contribution in [0.25, 0.3) is 22.4 Å². The maximum absolute atomic E-state index is 13.0. The summed E-state index contributed by atoms with van der Waals surface area (Å²) in [6.45, 7) is 0.574. The molecule has 0 amide bonds. The van der Waals surface area contributed by atoms with Crippen LogP contribution in [0.1, 0.15) is 24.8 Å². The molecule has 0 spiro atoms. The summed E-state index contributed by atoms with van der Waals surface area (Å²) in [5.74, 6) is 1.13. The largest absolute Gasteiger partial charge is 0.410 e. The van der Waals surface area contributed by atoms with E-state index in [1.807, 2.05) is 48.5 Å². The maximum atomic E-state index is 13.0. The summed E-state index contributed by atoms with van der Waals surface area (Å²) in [6, 6.07) is 17.1. The average Bonchev–Trinajstić information content (AvgIpc) is 3.25. The summed E-state index contributed by atoms with van der Waals surface area (Å²) in [4.78, 5) is 13.0. The van der Waals surface area contributed by atoms with E-state index in [9.17, 15) is 4.79 Å². The Morgan fingerprint density at radius 2 is 1.70 bits per heavy atom. The van der Waals surface area contributed by atoms with Crippen molar-refractivity contribution in [3.8, 4) is 11.6 Å². The lowest BCUT2D eigenvalue weighted by Gasteiger charge is -2.09. The van der Waals surface area contributed by atoms with Gasteiger partial charge in [-0.3, -0.25) is 4.79 Å². The van der Waals surface area contributed by atoms with Gasteiger partial charge < -0.3 is 9.52 Å². The second kappa shape index (κ2) is 9.69. The summed E-state index contributed by atoms with van der Waals surface area (Å²) in [6.07, 6.45) is 2.72. The van der Waals surface area contributed by atoms with Gasteiger partial charge in [0.1, 0.15) is 0 Å². The molecule has 154 valence electrons. The van der Waals surface area contributed by atoms with Crippen LogP contribution in [0.15, 0.2) is 69.0 Å². The minimum Gasteiger partial charge on any atom is -0.410 e. The van der Waals surface area contributed by atoms with Crippen LogP contribution >= 0.6 is 11.8 Å². The van der Waals surface area contributed by atoms with Gasteiger partial charge >= 0.3 is 0 Å². The molecule has 8 heteroatoms. The summed E-state index contributed by atoms with van der Waals surface area (Å²) in [7, 11) is 0. The van der Waals surface area contributed by atoms with Gasteiger partial charge in [0.2, 0.25) is 0 Å². The number of aromatic nitrogens is 4. The summed E-state index contributed by atoms with van der Waals surface area (Å²) in [5.41, 5.74) is 1.33. The highest BCUT2D eigenvalue weighted by atomic mass is 32.2. The van der Waals surface area contributed by atoms with E-state index in [0.29, 0.717) is 34.1 Å². The van der Waals surface area contributed by atoms with Crippen LogP contribution in [0.3, 0.4) is 0 Å². The molecule has 0 radical (unpaired) electrons. The van der Waals surface area contributed by atoms with E-state index in [1.165, 1.54) is 16.4 Å². The fraction of sp³-hybridized carbons (Fsp3) is 0.273. The molecular formula is C22H22N4O3S. The predicted octanol–water partition coefficient (Wildman–Crippen LogP) is 3.75. The zero-order valence-electron chi connectivity index (χ0n) is 16.4. The van der Waals surface area contributed by atoms with Gasteiger partial charge in [0.05, 0.1) is 11.9 Å². The molecule has 7 nitrogen and oxygen atoms in total. The average molecular weight is 423 g/mol. The van der Waals surface area contributed by atoms with Gasteiger partial charge in [0.15, 0.2) is 5.69 Å². The molecule has 30 heavy (non-hydrogen) atoms. The normalized spacial score (nSPS) is 11.2. The number of nitrogens with zero attached hydrogens (tertiary/aromatic N) is 4. The second-order valence-electron chi connectivity index (χ2n) is 6.85. The van der Waals surface area contributed by atoms with Crippen LogP contribution in [-0.2, 0) is 6.54 Å². The molecule has 0 aliphatic carbocycles. The zero-order chi connectivity index (χ0) is 20.8. The molecule has 0 unspecified atom stereocenters. The van der Waals surface area contributed by atoms with E-state index in [1.54, 1.807) is 6.07 Å². The molecule has 2 aromatic carbocycles. The molecule has 2 aromatic heterocycles. The van der Waals surface area contributed by atoms with Crippen molar-refractivity contribution in [1.82, 2.24) is 20.0 Å². The van der Waals surface area contributed by atoms with Gasteiger partial charge in [0, 0.05) is 17.7 Å². The van der Waals surface area contributed by atoms with Crippen molar-refractivity contribution in [2.24, 2.45) is 0 Å². The Balaban J connectivity index is 1.65. The van der Waals surface area contributed by atoms with E-state index in [4.69, 9.17) is 9.52 Å². The van der Waals surface area contributed by atoms with E-state index in [-0.39, 0.29) is 12.2 Å². The zero-order valence-corrected chi connectivity index (χ0v) is 17.2. The molecule has 0 bridgehead atoms. The minimum absolute atomic E-state index is 0.156. The molecule has 0 atom stereocenters. The van der Waals surface area contributed by atoms with E-state index < -0.39 is 0 Å². The van der Waals surface area contributed by atoms with Crippen LogP contribution in [0.2, 0.25) is 0 Å². The topological polar surface area (TPSA) is 94.0 Å². The molecule has 4 aromatic rings. The number of thioether (sulfide) groups is 1. The third-order valence-electron chi connectivity index (χ3n) is 4.68. The Morgan fingerprint density at radius 3 is 2.50 bits per heavy atom. The number of aliphatic hydroxyl groups is 1. The Labute approximate surface area is 177 Å². The monoisotopic (exact) mass is 422 g/mol. The standard InChI is InChI=1S/C22H22N4O3S/c27-13-7-2-8-14-30-22-24-23-20(29-22)19-17-11-5-6-12-18(17)21(28)26(25-19)15-16-9-3-1-4-10-16/h1,3-6,9-12,27H,2,7-8,13-15H2. The predicted molar refractivity (Wildman–Crippen MR) is 116 cm³/mol. The summed E-state index contributed by atoms with van der Waals surface area (Å²) < 4.78 is 7.29. The molecule has 4 rings (SSSR count). The molecule has 0 saturated carbocycles. The molecular weight excluding hydrogens is 400 g/mol. The van der Waals surface area contributed by atoms with Gasteiger partial charge in [-0.2, -0.15) is 5.10 Å². The van der Waals surface area contributed by atoms with Crippen molar-refractivity contribution in [1.29, 1.82) is 0 Å². The first-order valence-electron chi connectivity index (χ1n) is 9.87. The highest BCUT2D eigenvalue weighted by Gasteiger charge is 2.17. The van der Waals surface area contributed by atoms with Gasteiger partial charge in [-0.05, 0) is 24.5 Å². The third-order valence-corrected chi connectivity index (χ3v) is 5.58. The van der Waals surface area contributed by atoms with Crippen LogP contribution in [0.4, 0.5) is 0 Å². The smallest absolute Gasteiger partial charge is 0.276 e. The molecule has 2 heterocycles. The van der Waals surface area contributed by atoms with E-state index >= 15 is 0 Å². The van der Waals surface area contributed by atoms with Gasteiger partial charge in [-0.1, -0.05) is 66.7 Å². The first kappa shape index (κ1) is 20.3. The first-order valence-corrected chi connectivity index (χ1v) is 10.9. The Morgan fingerprint density at radius 1 is 0.933 bits per heavy atom. The number of rotatable bonds is 9. The lowest BCUT2D eigenvalue weighted by molar-refractivity contribution is 0.284. The molecule has 0 aliphatic heterocycles. The van der Waals surface area contributed by atoms with Crippen molar-refractivity contribution < 1.29 is 9.52 Å². The van der Waals surface area contributed by atoms with Gasteiger partial charge in [-0.25, -0.2) is 4.68 Å². The number of fused-ring (bicyclic) bond motifs is 1. The number of hydrogen-bond acceptors (Lipinski definition) is 7. The van der Waals surface area contributed by atoms with Crippen LogP contribution in [-0.4, -0.2) is 37.4 Å². The Hall–Kier alpha value is -2.97. The van der Waals surface area contributed by atoms with Crippen LogP contribution < -0.4 is 5.56 Å². The fourth-order valence-electron chi connectivity index (χ4n) is 3.17. The summed E-state index contributed by atoms with van der Waals surface area (Å²) in [5, 5.41) is 23.4. The van der Waals surface area contributed by atoms with Crippen LogP contribution in [0, 0.1) is 0 Å². The van der Waals surface area contributed by atoms with Crippen molar-refractivity contribution in [3.63, 3.8) is 0 Å². The number of hydrogen-bond donors (Lipinski definition) is 1. The number of aliphatic hydroxyl groups excluding tert-OH is 1. The molecule has 1 N–H and O–H groups in total. The third kappa shape index (κ3) is 4.60. The number of unbranched alkanes of at least 4 members (excludes halogenated alkanes) is 2. The molecule has 0 saturated heterocycles. The van der Waals surface area contributed by atoms with Crippen molar-refractivity contribution in [2.45, 2.75) is 31.0 Å². The fourth-order valence-corrected chi connectivity index (χ4v) is 3.93. The van der Waals surface area contributed by atoms with E-state index in [0.717, 1.165) is 30.6 Å². The molecule has 0 aliphatic rings. The van der Waals surface area contributed by atoms with Gasteiger partial charge in [0.25, 0.3) is 16.7 Å². The quantitative estimate of drug-likeness (QED) is 0.324. The highest BCUT2D eigenvalue weighted by Crippen LogP contribution is 2.27. The van der Waals surface area contributed by atoms with Crippen molar-refractivity contribution in [2.75, 3.05) is 12.4 Å². The van der Waals surface area contributed by atoms with Crippen molar-refractivity contribution >= 4 is 22.5 Å². The van der Waals surface area contributed by atoms with Crippen LogP contribution in [0.5, 0.6) is 0 Å². The molecule has 0 fully saturated rings.